The zero-order chi connectivity index (χ0) is 14.2. The van der Waals surface area contributed by atoms with Crippen LogP contribution in [-0.4, -0.2) is 65.3 Å². The summed E-state index contributed by atoms with van der Waals surface area (Å²) < 4.78 is 0. The first-order valence-corrected chi connectivity index (χ1v) is 6.20. The number of carboxylic acids is 1. The number of urea groups is 1. The van der Waals surface area contributed by atoms with Crippen molar-refractivity contribution in [2.24, 2.45) is 0 Å². The lowest BCUT2D eigenvalue weighted by atomic mass is 10.1. The van der Waals surface area contributed by atoms with Gasteiger partial charge in [0.2, 0.25) is 0 Å². The molecule has 8 heteroatoms. The van der Waals surface area contributed by atoms with Gasteiger partial charge in [0.1, 0.15) is 12.2 Å². The summed E-state index contributed by atoms with van der Waals surface area (Å²) >= 11 is 0. The summed E-state index contributed by atoms with van der Waals surface area (Å²) in [7, 11) is 3.09. The van der Waals surface area contributed by atoms with Crippen molar-refractivity contribution in [3.05, 3.63) is 0 Å². The number of likely N-dealkylation sites (N-methyl/N-ethyl adjacent to an activating group) is 2. The van der Waals surface area contributed by atoms with E-state index in [-0.39, 0.29) is 30.7 Å². The van der Waals surface area contributed by atoms with E-state index in [1.807, 2.05) is 0 Å². The van der Waals surface area contributed by atoms with Crippen LogP contribution in [0.5, 0.6) is 0 Å². The predicted molar refractivity (Wildman–Crippen MR) is 65.1 cm³/mol. The van der Waals surface area contributed by atoms with Gasteiger partial charge in [-0.25, -0.2) is 4.79 Å². The molecular weight excluding hydrogens is 252 g/mol. The predicted octanol–water partition coefficient (Wildman–Crippen LogP) is -1.02. The molecule has 2 aliphatic rings. The topological polar surface area (TPSA) is 102 Å². The van der Waals surface area contributed by atoms with Crippen LogP contribution in [0.4, 0.5) is 4.79 Å². The third-order valence-electron chi connectivity index (χ3n) is 3.55. The molecular formula is C11H18N4O4. The van der Waals surface area contributed by atoms with Crippen LogP contribution in [0.3, 0.4) is 0 Å². The van der Waals surface area contributed by atoms with E-state index < -0.39 is 12.0 Å². The molecule has 0 aromatic carbocycles. The van der Waals surface area contributed by atoms with Crippen molar-refractivity contribution >= 4 is 17.9 Å². The number of aliphatic carboxylic acids is 1. The molecule has 2 aliphatic heterocycles. The van der Waals surface area contributed by atoms with Gasteiger partial charge in [0, 0.05) is 20.5 Å². The molecule has 3 unspecified atom stereocenters. The van der Waals surface area contributed by atoms with Crippen molar-refractivity contribution in [2.45, 2.75) is 37.6 Å². The second-order valence-corrected chi connectivity index (χ2v) is 4.89. The minimum Gasteiger partial charge on any atom is -0.481 e. The second-order valence-electron chi connectivity index (χ2n) is 4.89. The van der Waals surface area contributed by atoms with Crippen molar-refractivity contribution in [1.29, 1.82) is 0 Å². The number of nitrogens with one attached hydrogen (secondary N) is 2. The quantitative estimate of drug-likeness (QED) is 0.604. The van der Waals surface area contributed by atoms with Gasteiger partial charge < -0.3 is 10.0 Å². The number of imide groups is 1. The zero-order valence-corrected chi connectivity index (χ0v) is 10.9. The van der Waals surface area contributed by atoms with Crippen LogP contribution in [0.2, 0.25) is 0 Å². The van der Waals surface area contributed by atoms with Crippen molar-refractivity contribution in [1.82, 2.24) is 20.4 Å². The number of fused-ring (bicyclic) bond motifs is 1. The molecule has 2 fully saturated rings. The van der Waals surface area contributed by atoms with Gasteiger partial charge in [-0.2, -0.15) is 0 Å². The summed E-state index contributed by atoms with van der Waals surface area (Å²) in [6.45, 7) is 0. The van der Waals surface area contributed by atoms with E-state index in [0.717, 1.165) is 4.90 Å². The Labute approximate surface area is 110 Å². The highest BCUT2D eigenvalue weighted by Crippen LogP contribution is 2.19. The Morgan fingerprint density at radius 3 is 2.63 bits per heavy atom. The summed E-state index contributed by atoms with van der Waals surface area (Å²) in [6.07, 6.45) is 0.683. The van der Waals surface area contributed by atoms with Gasteiger partial charge in [0.05, 0.1) is 6.17 Å². The van der Waals surface area contributed by atoms with Gasteiger partial charge in [0.25, 0.3) is 5.91 Å². The van der Waals surface area contributed by atoms with E-state index in [0.29, 0.717) is 12.8 Å². The molecule has 2 rings (SSSR count). The number of nitrogens with zero attached hydrogens (tertiary/aromatic N) is 2. The minimum absolute atomic E-state index is 0.0951. The van der Waals surface area contributed by atoms with Gasteiger partial charge in [-0.1, -0.05) is 0 Å². The maximum atomic E-state index is 12.0. The summed E-state index contributed by atoms with van der Waals surface area (Å²) in [5.41, 5.74) is 0. The van der Waals surface area contributed by atoms with Crippen LogP contribution in [0.15, 0.2) is 0 Å². The number of hydrogen-bond acceptors (Lipinski definition) is 5. The maximum Gasteiger partial charge on any atom is 0.327 e. The van der Waals surface area contributed by atoms with Crippen molar-refractivity contribution in [3.63, 3.8) is 0 Å². The lowest BCUT2D eigenvalue weighted by Gasteiger charge is -2.37. The van der Waals surface area contributed by atoms with Crippen molar-refractivity contribution < 1.29 is 19.5 Å². The van der Waals surface area contributed by atoms with E-state index in [9.17, 15) is 14.4 Å². The molecule has 3 N–H and O–H groups in total. The minimum atomic E-state index is -0.835. The van der Waals surface area contributed by atoms with E-state index in [1.165, 1.54) is 11.9 Å². The molecule has 0 radical (unpaired) electrons. The highest BCUT2D eigenvalue weighted by molar-refractivity contribution is 6.00. The largest absolute Gasteiger partial charge is 0.481 e. The molecule has 106 valence electrons. The second kappa shape index (κ2) is 5.14. The smallest absolute Gasteiger partial charge is 0.327 e. The first kappa shape index (κ1) is 13.8. The van der Waals surface area contributed by atoms with Crippen LogP contribution in [-0.2, 0) is 9.59 Å². The first-order valence-electron chi connectivity index (χ1n) is 6.20. The van der Waals surface area contributed by atoms with E-state index in [1.54, 1.807) is 7.05 Å². The van der Waals surface area contributed by atoms with Crippen molar-refractivity contribution in [3.8, 4) is 0 Å². The lowest BCUT2D eigenvalue weighted by Crippen LogP contribution is -2.64. The molecule has 3 atom stereocenters. The molecule has 0 aromatic rings. The fourth-order valence-electron chi connectivity index (χ4n) is 2.48. The Morgan fingerprint density at radius 1 is 1.32 bits per heavy atom. The Balaban J connectivity index is 1.96. The average Bonchev–Trinajstić information content (AvgIpc) is 2.77. The SMILES string of the molecule is CN1C(=O)C2NC(CCCC(=O)O)NC2N(C)C1=O. The van der Waals surface area contributed by atoms with Crippen LogP contribution < -0.4 is 10.6 Å². The third kappa shape index (κ3) is 2.54. The Kier molecular flexibility index (Phi) is 3.72. The standard InChI is InChI=1S/C11H18N4O4/c1-14-9-8(10(18)15(2)11(14)19)12-6(13-9)4-3-5-7(16)17/h6,8-9,12-13H,3-5H2,1-2H3,(H,16,17). The van der Waals surface area contributed by atoms with Gasteiger partial charge in [-0.05, 0) is 12.8 Å². The maximum absolute atomic E-state index is 12.0. The Morgan fingerprint density at radius 2 is 2.00 bits per heavy atom. The van der Waals surface area contributed by atoms with Gasteiger partial charge in [0.15, 0.2) is 0 Å². The van der Waals surface area contributed by atoms with Crippen LogP contribution in [0.1, 0.15) is 19.3 Å². The Bertz CT molecular complexity index is 413. The number of rotatable bonds is 4. The molecule has 0 saturated carbocycles. The summed E-state index contributed by atoms with van der Waals surface area (Å²) in [5, 5.41) is 14.9. The molecule has 0 spiro atoms. The molecule has 0 aromatic heterocycles. The molecule has 2 saturated heterocycles. The lowest BCUT2D eigenvalue weighted by molar-refractivity contribution is -0.137. The van der Waals surface area contributed by atoms with Gasteiger partial charge >= 0.3 is 12.0 Å². The number of carbonyl (C=O) groups excluding carboxylic acids is 2. The molecule has 8 nitrogen and oxygen atoms in total. The van der Waals surface area contributed by atoms with Crippen LogP contribution in [0.25, 0.3) is 0 Å². The number of carboxylic acid groups (broad SMARTS) is 1. The highest BCUT2D eigenvalue weighted by Gasteiger charge is 2.48. The fraction of sp³-hybridized carbons (Fsp3) is 0.727. The van der Waals surface area contributed by atoms with Gasteiger partial charge in [-0.3, -0.25) is 25.1 Å². The van der Waals surface area contributed by atoms with E-state index >= 15 is 0 Å². The van der Waals surface area contributed by atoms with E-state index in [2.05, 4.69) is 10.6 Å². The fourth-order valence-corrected chi connectivity index (χ4v) is 2.48. The molecule has 2 heterocycles. The van der Waals surface area contributed by atoms with E-state index in [4.69, 9.17) is 5.11 Å². The summed E-state index contributed by atoms with van der Waals surface area (Å²) in [4.78, 5) is 36.8. The normalized spacial score (nSPS) is 30.7. The number of hydrogen-bond donors (Lipinski definition) is 3. The highest BCUT2D eigenvalue weighted by atomic mass is 16.4. The van der Waals surface area contributed by atoms with Crippen LogP contribution in [0, 0.1) is 0 Å². The average molecular weight is 270 g/mol. The first-order chi connectivity index (χ1) is 8.91. The monoisotopic (exact) mass is 270 g/mol. The molecule has 19 heavy (non-hydrogen) atoms. The van der Waals surface area contributed by atoms with Crippen molar-refractivity contribution in [2.75, 3.05) is 14.1 Å². The number of carbonyl (C=O) groups is 3. The molecule has 3 amide bonds. The third-order valence-corrected chi connectivity index (χ3v) is 3.55. The summed E-state index contributed by atoms with van der Waals surface area (Å²) in [6, 6.07) is -0.811. The molecule has 0 aliphatic carbocycles. The zero-order valence-electron chi connectivity index (χ0n) is 10.9. The van der Waals surface area contributed by atoms with Crippen LogP contribution >= 0.6 is 0 Å². The number of amides is 3. The van der Waals surface area contributed by atoms with Gasteiger partial charge in [-0.15, -0.1) is 0 Å². The molecule has 0 bridgehead atoms. The Hall–Kier alpha value is -1.67. The summed E-state index contributed by atoms with van der Waals surface area (Å²) in [5.74, 6) is -1.10.